The standard InChI is InChI=1S/C53H59N9O7S2/c1-28-31(4)71-52-44(28)45(56-41(24-43(64)65)48-59-58-32(5)62(48)52)34-13-17-37(18-14-34)60-22-21-40(26-60)69-39-19-15-36(16-20-39)49(66)57-47(53(6,7)8)51(68)61-25-38(63)23-42(61)50(67)55-29(2)33-9-11-35(12-10-33)46-30(3)54-27-70-46/h9-20,27,29,38,40-42,47,63H,21-26H2,1-8H3,(H,55,67)(H,57,66)(H,64,65)/t29?,38-,40-,41+,42+,47?/m1/s1. The number of benzene rings is 3. The van der Waals surface area contributed by atoms with Crippen molar-refractivity contribution in [1.29, 1.82) is 0 Å². The number of β-amino-alcohol motifs (C(OH)–C–C–N with tert-alkyl or cyclic N) is 1. The molecule has 71 heavy (non-hydrogen) atoms. The monoisotopic (exact) mass is 997 g/mol. The Morgan fingerprint density at radius 2 is 1.61 bits per heavy atom. The molecule has 3 aromatic carbocycles. The first-order chi connectivity index (χ1) is 33.8. The number of carbonyl (C=O) groups is 4. The van der Waals surface area contributed by atoms with Crippen molar-refractivity contribution in [3.63, 3.8) is 0 Å². The highest BCUT2D eigenvalue weighted by Crippen LogP contribution is 2.40. The number of nitrogens with one attached hydrogen (secondary N) is 2. The number of carboxylic acids is 1. The molecule has 3 aromatic heterocycles. The molecular weight excluding hydrogens is 939 g/mol. The molecule has 0 bridgehead atoms. The van der Waals surface area contributed by atoms with Crippen LogP contribution in [0.5, 0.6) is 5.75 Å². The number of rotatable bonds is 13. The van der Waals surface area contributed by atoms with Gasteiger partial charge in [-0.05, 0) is 93.1 Å². The predicted molar refractivity (Wildman–Crippen MR) is 274 cm³/mol. The number of aliphatic hydroxyl groups excluding tert-OH is 1. The number of aliphatic hydroxyl groups is 1. The third-order valence-corrected chi connectivity index (χ3v) is 15.9. The summed E-state index contributed by atoms with van der Waals surface area (Å²) in [5.74, 6) is -0.413. The summed E-state index contributed by atoms with van der Waals surface area (Å²) >= 11 is 3.20. The number of aromatic nitrogens is 4. The number of fused-ring (bicyclic) bond motifs is 3. The Morgan fingerprint density at radius 1 is 0.901 bits per heavy atom. The molecule has 2 unspecified atom stereocenters. The lowest BCUT2D eigenvalue weighted by atomic mass is 9.85. The Hall–Kier alpha value is -6.76. The van der Waals surface area contributed by atoms with Gasteiger partial charge < -0.3 is 35.4 Å². The van der Waals surface area contributed by atoms with Crippen LogP contribution in [-0.4, -0.2) is 108 Å². The summed E-state index contributed by atoms with van der Waals surface area (Å²) in [6, 6.07) is 20.0. The summed E-state index contributed by atoms with van der Waals surface area (Å²) in [6.07, 6.45) is -0.347. The number of aryl methyl sites for hydroxylation is 3. The second-order valence-corrected chi connectivity index (χ2v) is 21.9. The van der Waals surface area contributed by atoms with Crippen LogP contribution in [-0.2, 0) is 14.4 Å². The van der Waals surface area contributed by atoms with Gasteiger partial charge in [0.05, 0.1) is 46.9 Å². The van der Waals surface area contributed by atoms with Crippen molar-refractivity contribution in [3.8, 4) is 21.2 Å². The number of hydrogen-bond acceptors (Lipinski definition) is 13. The van der Waals surface area contributed by atoms with Crippen LogP contribution in [0.2, 0.25) is 0 Å². The van der Waals surface area contributed by atoms with Gasteiger partial charge >= 0.3 is 5.97 Å². The lowest BCUT2D eigenvalue weighted by Crippen LogP contribution is -2.57. The molecule has 3 aliphatic rings. The molecule has 9 rings (SSSR count). The minimum atomic E-state index is -0.993. The number of ether oxygens (including phenoxy) is 1. The van der Waals surface area contributed by atoms with E-state index in [1.807, 2.05) is 88.0 Å². The number of anilines is 1. The maximum atomic E-state index is 14.3. The summed E-state index contributed by atoms with van der Waals surface area (Å²) in [5.41, 5.74) is 9.02. The van der Waals surface area contributed by atoms with E-state index >= 15 is 0 Å². The van der Waals surface area contributed by atoms with Crippen LogP contribution in [0.4, 0.5) is 5.69 Å². The molecule has 3 amide bonds. The number of nitrogens with zero attached hydrogens (tertiary/aromatic N) is 7. The number of likely N-dealkylation sites (tertiary alicyclic amines) is 1. The van der Waals surface area contributed by atoms with E-state index in [1.54, 1.807) is 46.9 Å². The molecule has 6 heterocycles. The fraction of sp³-hybridized carbons (Fsp3) is 0.396. The lowest BCUT2D eigenvalue weighted by Gasteiger charge is -2.35. The number of aliphatic imine (C=N–C) groups is 1. The van der Waals surface area contributed by atoms with Crippen molar-refractivity contribution >= 4 is 57.8 Å². The number of amides is 3. The van der Waals surface area contributed by atoms with Crippen molar-refractivity contribution < 1.29 is 34.1 Å². The van der Waals surface area contributed by atoms with E-state index < -0.39 is 47.4 Å². The molecule has 0 spiro atoms. The molecule has 0 radical (unpaired) electrons. The maximum Gasteiger partial charge on any atom is 0.306 e. The molecular formula is C53H59N9O7S2. The van der Waals surface area contributed by atoms with Crippen LogP contribution in [0.3, 0.4) is 0 Å². The quantitative estimate of drug-likeness (QED) is 0.0883. The van der Waals surface area contributed by atoms with E-state index in [-0.39, 0.29) is 37.4 Å². The first-order valence-corrected chi connectivity index (χ1v) is 25.6. The molecule has 2 fully saturated rings. The minimum absolute atomic E-state index is 0.0272. The molecule has 6 atom stereocenters. The van der Waals surface area contributed by atoms with Gasteiger partial charge in [-0.3, -0.25) is 28.7 Å². The van der Waals surface area contributed by atoms with Crippen LogP contribution >= 0.6 is 22.7 Å². The molecule has 0 saturated carbocycles. The molecule has 2 saturated heterocycles. The van der Waals surface area contributed by atoms with Crippen LogP contribution in [0, 0.1) is 33.1 Å². The van der Waals surface area contributed by atoms with Crippen molar-refractivity contribution in [3.05, 3.63) is 128 Å². The van der Waals surface area contributed by atoms with Crippen LogP contribution < -0.4 is 20.3 Å². The van der Waals surface area contributed by atoms with Crippen molar-refractivity contribution in [2.24, 2.45) is 10.4 Å². The number of hydrogen-bond donors (Lipinski definition) is 4. The second kappa shape index (κ2) is 19.8. The smallest absolute Gasteiger partial charge is 0.306 e. The Kier molecular flexibility index (Phi) is 13.7. The fourth-order valence-electron chi connectivity index (χ4n) is 9.69. The van der Waals surface area contributed by atoms with E-state index in [9.17, 15) is 29.4 Å². The summed E-state index contributed by atoms with van der Waals surface area (Å²) in [6.45, 7) is 16.8. The zero-order valence-electron chi connectivity index (χ0n) is 41.1. The van der Waals surface area contributed by atoms with Gasteiger partial charge in [-0.2, -0.15) is 0 Å². The van der Waals surface area contributed by atoms with E-state index in [1.165, 1.54) is 4.90 Å². The zero-order valence-corrected chi connectivity index (χ0v) is 42.7. The molecule has 0 aliphatic carbocycles. The second-order valence-electron chi connectivity index (χ2n) is 19.8. The Labute approximate surface area is 420 Å². The van der Waals surface area contributed by atoms with Gasteiger partial charge in [-0.15, -0.1) is 32.9 Å². The SMILES string of the molecule is Cc1ncsc1-c1ccc(C(C)NC(=O)[C@@H]2C[C@@H](O)CN2C(=O)C(NC(=O)c2ccc(O[C@@H]3CCN(c4ccc(C5=N[C@@H](CC(=O)O)c6nnc(C)n6-c6sc(C)c(C)c65)cc4)C3)cc2)C(C)(C)C)cc1. The number of carboxylic acid groups (broad SMARTS) is 1. The van der Waals surface area contributed by atoms with Gasteiger partial charge in [0.15, 0.2) is 5.82 Å². The maximum absolute atomic E-state index is 14.3. The van der Waals surface area contributed by atoms with Crippen molar-refractivity contribution in [2.45, 2.75) is 111 Å². The van der Waals surface area contributed by atoms with Crippen molar-refractivity contribution in [1.82, 2.24) is 35.3 Å². The topological polar surface area (TPSA) is 204 Å². The molecule has 18 heteroatoms. The Balaban J connectivity index is 0.818. The fourth-order valence-corrected chi connectivity index (χ4v) is 11.7. The average molecular weight is 998 g/mol. The highest BCUT2D eigenvalue weighted by molar-refractivity contribution is 7.15. The van der Waals surface area contributed by atoms with Gasteiger partial charge in [0.25, 0.3) is 5.91 Å². The highest BCUT2D eigenvalue weighted by Gasteiger charge is 2.45. The molecule has 3 aliphatic heterocycles. The Bertz CT molecular complexity index is 3010. The largest absolute Gasteiger partial charge is 0.489 e. The molecule has 16 nitrogen and oxygen atoms in total. The van der Waals surface area contributed by atoms with Gasteiger partial charge in [0, 0.05) is 53.2 Å². The number of aliphatic carboxylic acids is 1. The molecule has 4 N–H and O–H groups in total. The number of carbonyl (C=O) groups excluding carboxylic acids is 3. The number of thiophene rings is 1. The van der Waals surface area contributed by atoms with Gasteiger partial charge in [0.2, 0.25) is 11.8 Å². The van der Waals surface area contributed by atoms with Gasteiger partial charge in [-0.1, -0.05) is 57.2 Å². The third-order valence-electron chi connectivity index (χ3n) is 13.7. The van der Waals surface area contributed by atoms with Crippen LogP contribution in [0.15, 0.2) is 83.3 Å². The average Bonchev–Trinajstić information content (AvgIpc) is 4.18. The van der Waals surface area contributed by atoms with E-state index in [4.69, 9.17) is 9.73 Å². The summed E-state index contributed by atoms with van der Waals surface area (Å²) in [5, 5.41) is 36.2. The van der Waals surface area contributed by atoms with Crippen LogP contribution in [0.25, 0.3) is 15.4 Å². The minimum Gasteiger partial charge on any atom is -0.489 e. The molecule has 370 valence electrons. The lowest BCUT2D eigenvalue weighted by molar-refractivity contribution is -0.142. The Morgan fingerprint density at radius 3 is 2.27 bits per heavy atom. The van der Waals surface area contributed by atoms with E-state index in [0.29, 0.717) is 29.5 Å². The van der Waals surface area contributed by atoms with Gasteiger partial charge in [0.1, 0.15) is 40.8 Å². The van der Waals surface area contributed by atoms with Gasteiger partial charge in [-0.25, -0.2) is 4.98 Å². The third kappa shape index (κ3) is 10.1. The summed E-state index contributed by atoms with van der Waals surface area (Å²) < 4.78 is 8.37. The first kappa shape index (κ1) is 49.2. The normalized spacial score (nSPS) is 19.6. The summed E-state index contributed by atoms with van der Waals surface area (Å²) in [4.78, 5) is 69.2. The first-order valence-electron chi connectivity index (χ1n) is 23.9. The summed E-state index contributed by atoms with van der Waals surface area (Å²) in [7, 11) is 0. The number of thiazole rings is 1. The van der Waals surface area contributed by atoms with Crippen LogP contribution in [0.1, 0.15) is 114 Å². The predicted octanol–water partition coefficient (Wildman–Crippen LogP) is 7.69. The van der Waals surface area contributed by atoms with E-state index in [2.05, 4.69) is 56.7 Å². The molecule has 6 aromatic rings. The zero-order chi connectivity index (χ0) is 50.5. The highest BCUT2D eigenvalue weighted by atomic mass is 32.1. The van der Waals surface area contributed by atoms with E-state index in [0.717, 1.165) is 72.6 Å². The van der Waals surface area contributed by atoms with Crippen molar-refractivity contribution in [2.75, 3.05) is 24.5 Å².